The maximum Gasteiger partial charge on any atom is 0.00359 e. The lowest BCUT2D eigenvalue weighted by atomic mass is 9.74. The summed E-state index contributed by atoms with van der Waals surface area (Å²) in [5.74, 6) is 1.78. The standard InChI is InChI=1S/C15H30N2/c1-13-6-5-9-17(11-13)12-15(2,3)14-7-4-8-16-10-14/h13-14,16H,4-12H2,1-3H3. The summed E-state index contributed by atoms with van der Waals surface area (Å²) in [7, 11) is 0. The molecule has 0 bridgehead atoms. The lowest BCUT2D eigenvalue weighted by Gasteiger charge is -2.42. The minimum absolute atomic E-state index is 0.477. The van der Waals surface area contributed by atoms with Gasteiger partial charge in [-0.3, -0.25) is 0 Å². The largest absolute Gasteiger partial charge is 0.316 e. The van der Waals surface area contributed by atoms with Gasteiger partial charge in [-0.05, 0) is 62.6 Å². The molecule has 2 saturated heterocycles. The van der Waals surface area contributed by atoms with Gasteiger partial charge in [0.25, 0.3) is 0 Å². The molecule has 2 rings (SSSR count). The zero-order valence-electron chi connectivity index (χ0n) is 12.0. The Balaban J connectivity index is 1.86. The van der Waals surface area contributed by atoms with E-state index in [9.17, 15) is 0 Å². The molecule has 2 fully saturated rings. The summed E-state index contributed by atoms with van der Waals surface area (Å²) in [5, 5.41) is 3.57. The Kier molecular flexibility index (Phi) is 4.48. The quantitative estimate of drug-likeness (QED) is 0.813. The van der Waals surface area contributed by atoms with E-state index in [1.165, 1.54) is 58.4 Å². The van der Waals surface area contributed by atoms with Gasteiger partial charge >= 0.3 is 0 Å². The second kappa shape index (κ2) is 5.71. The van der Waals surface area contributed by atoms with Crippen molar-refractivity contribution >= 4 is 0 Å². The second-order valence-electron chi connectivity index (χ2n) is 7.01. The van der Waals surface area contributed by atoms with Crippen molar-refractivity contribution in [2.75, 3.05) is 32.7 Å². The molecule has 0 spiro atoms. The lowest BCUT2D eigenvalue weighted by molar-refractivity contribution is 0.0754. The summed E-state index contributed by atoms with van der Waals surface area (Å²) in [5.41, 5.74) is 0.477. The van der Waals surface area contributed by atoms with Crippen molar-refractivity contribution in [3.63, 3.8) is 0 Å². The van der Waals surface area contributed by atoms with Crippen molar-refractivity contribution in [3.8, 4) is 0 Å². The molecule has 2 heteroatoms. The highest BCUT2D eigenvalue weighted by Crippen LogP contribution is 2.33. The topological polar surface area (TPSA) is 15.3 Å². The molecule has 0 amide bonds. The van der Waals surface area contributed by atoms with E-state index in [1.54, 1.807) is 0 Å². The highest BCUT2D eigenvalue weighted by Gasteiger charge is 2.33. The van der Waals surface area contributed by atoms with Gasteiger partial charge in [-0.25, -0.2) is 0 Å². The Labute approximate surface area is 107 Å². The van der Waals surface area contributed by atoms with Crippen LogP contribution < -0.4 is 5.32 Å². The first-order valence-electron chi connectivity index (χ1n) is 7.51. The third-order valence-corrected chi connectivity index (χ3v) is 4.77. The number of nitrogens with zero attached hydrogens (tertiary/aromatic N) is 1. The first-order valence-corrected chi connectivity index (χ1v) is 7.51. The molecule has 2 aliphatic rings. The van der Waals surface area contributed by atoms with Crippen molar-refractivity contribution < 1.29 is 0 Å². The van der Waals surface area contributed by atoms with Crippen LogP contribution in [0, 0.1) is 17.3 Å². The fourth-order valence-electron chi connectivity index (χ4n) is 3.65. The van der Waals surface area contributed by atoms with Crippen LogP contribution in [0.3, 0.4) is 0 Å². The first kappa shape index (κ1) is 13.4. The van der Waals surface area contributed by atoms with E-state index in [0.29, 0.717) is 5.41 Å². The van der Waals surface area contributed by atoms with E-state index in [4.69, 9.17) is 0 Å². The zero-order valence-corrected chi connectivity index (χ0v) is 12.0. The molecule has 100 valence electrons. The van der Waals surface area contributed by atoms with Crippen LogP contribution in [0.15, 0.2) is 0 Å². The molecule has 2 aliphatic heterocycles. The van der Waals surface area contributed by atoms with Crippen LogP contribution in [0.2, 0.25) is 0 Å². The molecule has 0 radical (unpaired) electrons. The predicted molar refractivity (Wildman–Crippen MR) is 74.2 cm³/mol. The highest BCUT2D eigenvalue weighted by atomic mass is 15.1. The average molecular weight is 238 g/mol. The molecule has 2 nitrogen and oxygen atoms in total. The van der Waals surface area contributed by atoms with Crippen LogP contribution in [-0.2, 0) is 0 Å². The summed E-state index contributed by atoms with van der Waals surface area (Å²) in [4.78, 5) is 2.71. The van der Waals surface area contributed by atoms with Crippen LogP contribution in [0.5, 0.6) is 0 Å². The maximum absolute atomic E-state index is 3.57. The molecule has 0 aromatic carbocycles. The fourth-order valence-corrected chi connectivity index (χ4v) is 3.65. The van der Waals surface area contributed by atoms with Gasteiger partial charge in [-0.15, -0.1) is 0 Å². The summed E-state index contributed by atoms with van der Waals surface area (Å²) in [6, 6.07) is 0. The zero-order chi connectivity index (χ0) is 12.3. The van der Waals surface area contributed by atoms with E-state index in [0.717, 1.165) is 11.8 Å². The molecule has 2 unspecified atom stereocenters. The second-order valence-corrected chi connectivity index (χ2v) is 7.01. The molecule has 17 heavy (non-hydrogen) atoms. The molecule has 1 N–H and O–H groups in total. The average Bonchev–Trinajstić information content (AvgIpc) is 2.29. The van der Waals surface area contributed by atoms with E-state index in [2.05, 4.69) is 31.0 Å². The van der Waals surface area contributed by atoms with Gasteiger partial charge < -0.3 is 10.2 Å². The Morgan fingerprint density at radius 3 is 2.71 bits per heavy atom. The van der Waals surface area contributed by atoms with Gasteiger partial charge in [0.15, 0.2) is 0 Å². The van der Waals surface area contributed by atoms with Gasteiger partial charge in [0, 0.05) is 13.1 Å². The Morgan fingerprint density at radius 2 is 2.06 bits per heavy atom. The normalized spacial score (nSPS) is 32.6. The van der Waals surface area contributed by atoms with Crippen LogP contribution in [0.1, 0.15) is 46.5 Å². The number of nitrogens with one attached hydrogen (secondary N) is 1. The molecule has 0 aromatic heterocycles. The van der Waals surface area contributed by atoms with Gasteiger partial charge in [0.05, 0.1) is 0 Å². The highest BCUT2D eigenvalue weighted by molar-refractivity contribution is 4.86. The van der Waals surface area contributed by atoms with Gasteiger partial charge in [-0.2, -0.15) is 0 Å². The van der Waals surface area contributed by atoms with Crippen LogP contribution >= 0.6 is 0 Å². The molecule has 0 saturated carbocycles. The lowest BCUT2D eigenvalue weighted by Crippen LogP contribution is -2.47. The predicted octanol–water partition coefficient (Wildman–Crippen LogP) is 2.74. The minimum atomic E-state index is 0.477. The summed E-state index contributed by atoms with van der Waals surface area (Å²) in [6.07, 6.45) is 5.62. The van der Waals surface area contributed by atoms with E-state index in [1.807, 2.05) is 0 Å². The third kappa shape index (κ3) is 3.69. The fraction of sp³-hybridized carbons (Fsp3) is 1.00. The van der Waals surface area contributed by atoms with Crippen molar-refractivity contribution in [1.82, 2.24) is 10.2 Å². The van der Waals surface area contributed by atoms with Crippen molar-refractivity contribution in [2.24, 2.45) is 17.3 Å². The van der Waals surface area contributed by atoms with Crippen molar-refractivity contribution in [1.29, 1.82) is 0 Å². The maximum atomic E-state index is 3.57. The van der Waals surface area contributed by atoms with Crippen molar-refractivity contribution in [3.05, 3.63) is 0 Å². The number of hydrogen-bond acceptors (Lipinski definition) is 2. The molecule has 2 heterocycles. The van der Waals surface area contributed by atoms with Gasteiger partial charge in [-0.1, -0.05) is 20.8 Å². The number of likely N-dealkylation sites (tertiary alicyclic amines) is 1. The molecular weight excluding hydrogens is 208 g/mol. The van der Waals surface area contributed by atoms with Crippen LogP contribution in [-0.4, -0.2) is 37.6 Å². The summed E-state index contributed by atoms with van der Waals surface area (Å²) in [6.45, 7) is 13.8. The number of hydrogen-bond donors (Lipinski definition) is 1. The minimum Gasteiger partial charge on any atom is -0.316 e. The Hall–Kier alpha value is -0.0800. The summed E-state index contributed by atoms with van der Waals surface area (Å²) >= 11 is 0. The van der Waals surface area contributed by atoms with Gasteiger partial charge in [0.1, 0.15) is 0 Å². The van der Waals surface area contributed by atoms with Gasteiger partial charge in [0.2, 0.25) is 0 Å². The SMILES string of the molecule is CC1CCCN(CC(C)(C)C2CCCNC2)C1. The smallest absolute Gasteiger partial charge is 0.00359 e. The van der Waals surface area contributed by atoms with E-state index >= 15 is 0 Å². The Bertz CT molecular complexity index is 231. The van der Waals surface area contributed by atoms with E-state index < -0.39 is 0 Å². The first-order chi connectivity index (χ1) is 8.08. The van der Waals surface area contributed by atoms with E-state index in [-0.39, 0.29) is 0 Å². The molecule has 2 atom stereocenters. The van der Waals surface area contributed by atoms with Crippen molar-refractivity contribution in [2.45, 2.75) is 46.5 Å². The molecule has 0 aromatic rings. The third-order valence-electron chi connectivity index (χ3n) is 4.77. The Morgan fingerprint density at radius 1 is 1.24 bits per heavy atom. The molecular formula is C15H30N2. The summed E-state index contributed by atoms with van der Waals surface area (Å²) < 4.78 is 0. The monoisotopic (exact) mass is 238 g/mol. The van der Waals surface area contributed by atoms with Crippen LogP contribution in [0.4, 0.5) is 0 Å². The molecule has 0 aliphatic carbocycles. The number of piperidine rings is 2. The number of rotatable bonds is 3. The van der Waals surface area contributed by atoms with Crippen LogP contribution in [0.25, 0.3) is 0 Å².